The topological polar surface area (TPSA) is 89.7 Å². The van der Waals surface area contributed by atoms with Crippen LogP contribution in [0.3, 0.4) is 0 Å². The molecule has 1 unspecified atom stereocenters. The molecule has 8 heteroatoms. The lowest BCUT2D eigenvalue weighted by Crippen LogP contribution is -2.38. The van der Waals surface area contributed by atoms with Crippen LogP contribution in [0.5, 0.6) is 11.5 Å². The first-order valence-electron chi connectivity index (χ1n) is 12.2. The van der Waals surface area contributed by atoms with Crippen molar-refractivity contribution in [3.8, 4) is 34.0 Å². The molecule has 0 saturated heterocycles. The molecule has 1 N–H and O–H groups in total. The number of nitrogens with one attached hydrogen (secondary N) is 1. The van der Waals surface area contributed by atoms with Crippen LogP contribution in [0.25, 0.3) is 22.5 Å². The number of hydrogen-bond acceptors (Lipinski definition) is 7. The van der Waals surface area contributed by atoms with E-state index in [-0.39, 0.29) is 18.4 Å². The molecule has 8 nitrogen and oxygen atoms in total. The van der Waals surface area contributed by atoms with Gasteiger partial charge in [0, 0.05) is 30.8 Å². The fourth-order valence-corrected chi connectivity index (χ4v) is 4.43. The molecule has 0 saturated carbocycles. The largest absolute Gasteiger partial charge is 0.486 e. The van der Waals surface area contributed by atoms with Crippen LogP contribution >= 0.6 is 0 Å². The quantitative estimate of drug-likeness (QED) is 0.387. The Kier molecular flexibility index (Phi) is 6.92. The van der Waals surface area contributed by atoms with Gasteiger partial charge < -0.3 is 24.2 Å². The van der Waals surface area contributed by atoms with E-state index in [1.54, 1.807) is 6.92 Å². The summed E-state index contributed by atoms with van der Waals surface area (Å²) in [7, 11) is 4.01. The van der Waals surface area contributed by atoms with Crippen molar-refractivity contribution in [2.45, 2.75) is 26.4 Å². The molecule has 0 aliphatic carbocycles. The number of fused-ring (bicyclic) bond motifs is 1. The van der Waals surface area contributed by atoms with E-state index >= 15 is 0 Å². The lowest BCUT2D eigenvalue weighted by molar-refractivity contribution is -0.115. The van der Waals surface area contributed by atoms with Crippen molar-refractivity contribution < 1.29 is 18.8 Å². The second kappa shape index (κ2) is 10.4. The van der Waals surface area contributed by atoms with E-state index in [2.05, 4.69) is 39.4 Å². The smallest absolute Gasteiger partial charge is 0.228 e. The summed E-state index contributed by atoms with van der Waals surface area (Å²) in [6, 6.07) is 19.6. The average molecular weight is 499 g/mol. The Balaban J connectivity index is 1.20. The van der Waals surface area contributed by atoms with Crippen molar-refractivity contribution in [3.05, 3.63) is 77.7 Å². The Morgan fingerprint density at radius 1 is 1.00 bits per heavy atom. The fourth-order valence-electron chi connectivity index (χ4n) is 4.43. The van der Waals surface area contributed by atoms with Gasteiger partial charge in [-0.15, -0.1) is 0 Å². The number of amides is 1. The van der Waals surface area contributed by atoms with Gasteiger partial charge in [0.05, 0.1) is 6.42 Å². The van der Waals surface area contributed by atoms with Gasteiger partial charge in [0.2, 0.25) is 17.6 Å². The van der Waals surface area contributed by atoms with E-state index in [1.165, 1.54) is 0 Å². The molecule has 1 amide bonds. The fraction of sp³-hybridized carbons (Fsp3) is 0.276. The highest BCUT2D eigenvalue weighted by Crippen LogP contribution is 2.34. The Hall–Kier alpha value is -4.17. The van der Waals surface area contributed by atoms with Crippen molar-refractivity contribution in [1.82, 2.24) is 15.0 Å². The summed E-state index contributed by atoms with van der Waals surface area (Å²) < 4.78 is 16.9. The van der Waals surface area contributed by atoms with Crippen molar-refractivity contribution in [2.24, 2.45) is 0 Å². The van der Waals surface area contributed by atoms with Gasteiger partial charge in [-0.05, 0) is 61.5 Å². The molecule has 5 rings (SSSR count). The Bertz CT molecular complexity index is 1410. The molecule has 0 bridgehead atoms. The highest BCUT2D eigenvalue weighted by molar-refractivity contribution is 5.92. The summed E-state index contributed by atoms with van der Waals surface area (Å²) in [5.74, 6) is 2.38. The van der Waals surface area contributed by atoms with E-state index in [0.717, 1.165) is 34.4 Å². The predicted molar refractivity (Wildman–Crippen MR) is 142 cm³/mol. The van der Waals surface area contributed by atoms with Gasteiger partial charge in [-0.3, -0.25) is 4.79 Å². The van der Waals surface area contributed by atoms with Crippen LogP contribution in [-0.4, -0.2) is 54.3 Å². The molecular weight excluding hydrogens is 468 g/mol. The Morgan fingerprint density at radius 3 is 2.49 bits per heavy atom. The summed E-state index contributed by atoms with van der Waals surface area (Å²) >= 11 is 0. The number of carbonyl (C=O) groups excluding carboxylic acids is 1. The maximum absolute atomic E-state index is 12.7. The highest BCUT2D eigenvalue weighted by Gasteiger charge is 2.22. The first-order chi connectivity index (χ1) is 17.8. The second-order valence-corrected chi connectivity index (χ2v) is 9.56. The van der Waals surface area contributed by atoms with Crippen molar-refractivity contribution in [3.63, 3.8) is 0 Å². The number of nitrogens with zero attached hydrogens (tertiary/aromatic N) is 3. The van der Waals surface area contributed by atoms with Gasteiger partial charge in [0.1, 0.15) is 12.7 Å². The van der Waals surface area contributed by atoms with Crippen molar-refractivity contribution in [1.29, 1.82) is 0 Å². The van der Waals surface area contributed by atoms with Crippen molar-refractivity contribution in [2.75, 3.05) is 32.6 Å². The van der Waals surface area contributed by atoms with Gasteiger partial charge in [0.25, 0.3) is 0 Å². The minimum atomic E-state index is -0.0918. The monoisotopic (exact) mass is 498 g/mol. The predicted octanol–water partition coefficient (Wildman–Crippen LogP) is 4.90. The Morgan fingerprint density at radius 2 is 1.78 bits per heavy atom. The van der Waals surface area contributed by atoms with Crippen LogP contribution in [-0.2, 0) is 11.2 Å². The molecule has 4 aromatic rings. The van der Waals surface area contributed by atoms with E-state index in [0.29, 0.717) is 35.5 Å². The SMILES string of the molecule is Cc1nc(-c2ccc(-c3ccc(CC(=O)Nc4ccc5c(c4)OCC(CN(C)C)O5)cc3)c(C)c2)no1. The number of aryl methyl sites for hydroxylation is 2. The molecule has 0 fully saturated rings. The van der Waals surface area contributed by atoms with Crippen molar-refractivity contribution >= 4 is 11.6 Å². The third-order valence-electron chi connectivity index (χ3n) is 6.16. The molecule has 1 aromatic heterocycles. The number of benzene rings is 3. The molecule has 2 heterocycles. The number of rotatable bonds is 7. The minimum absolute atomic E-state index is 0.0117. The number of likely N-dealkylation sites (N-methyl/N-ethyl adjacent to an activating group) is 1. The highest BCUT2D eigenvalue weighted by atomic mass is 16.6. The third kappa shape index (κ3) is 5.81. The Labute approximate surface area is 216 Å². The van der Waals surface area contributed by atoms with E-state index in [4.69, 9.17) is 14.0 Å². The summed E-state index contributed by atoms with van der Waals surface area (Å²) in [6.07, 6.45) is 0.261. The van der Waals surface area contributed by atoms with Crippen LogP contribution in [0, 0.1) is 13.8 Å². The third-order valence-corrected chi connectivity index (χ3v) is 6.16. The zero-order chi connectivity index (χ0) is 25.9. The summed E-state index contributed by atoms with van der Waals surface area (Å²) in [6.45, 7) is 5.09. The maximum atomic E-state index is 12.7. The van der Waals surface area contributed by atoms with Gasteiger partial charge in [-0.2, -0.15) is 4.98 Å². The zero-order valence-electron chi connectivity index (χ0n) is 21.4. The number of hydrogen-bond donors (Lipinski definition) is 1. The van der Waals surface area contributed by atoms with Gasteiger partial charge in [-0.1, -0.05) is 41.6 Å². The number of carbonyl (C=O) groups is 1. The zero-order valence-corrected chi connectivity index (χ0v) is 21.4. The van der Waals surface area contributed by atoms with Crippen LogP contribution in [0.2, 0.25) is 0 Å². The normalized spacial score (nSPS) is 14.6. The molecule has 1 atom stereocenters. The van der Waals surface area contributed by atoms with Crippen LogP contribution in [0.1, 0.15) is 17.0 Å². The first kappa shape index (κ1) is 24.5. The van der Waals surface area contributed by atoms with Crippen LogP contribution in [0.15, 0.2) is 65.2 Å². The van der Waals surface area contributed by atoms with Gasteiger partial charge >= 0.3 is 0 Å². The van der Waals surface area contributed by atoms with Crippen LogP contribution < -0.4 is 14.8 Å². The average Bonchev–Trinajstić information content (AvgIpc) is 3.30. The summed E-state index contributed by atoms with van der Waals surface area (Å²) in [4.78, 5) is 19.1. The van der Waals surface area contributed by atoms with Gasteiger partial charge in [0.15, 0.2) is 11.5 Å². The van der Waals surface area contributed by atoms with E-state index in [1.807, 2.05) is 62.6 Å². The standard InChI is InChI=1S/C29H30N4O4/c1-18-13-22(29-30-19(2)37-32-29)9-11-25(18)21-7-5-20(6-8-21)14-28(34)31-23-10-12-26-27(15-23)35-17-24(36-26)16-33(3)4/h5-13,15,24H,14,16-17H2,1-4H3,(H,31,34). The number of anilines is 1. The number of aromatic nitrogens is 2. The molecule has 0 radical (unpaired) electrons. The molecule has 190 valence electrons. The maximum Gasteiger partial charge on any atom is 0.228 e. The van der Waals surface area contributed by atoms with Gasteiger partial charge in [-0.25, -0.2) is 0 Å². The lowest BCUT2D eigenvalue weighted by atomic mass is 9.97. The molecular formula is C29H30N4O4. The van der Waals surface area contributed by atoms with E-state index in [9.17, 15) is 4.79 Å². The number of ether oxygens (including phenoxy) is 2. The van der Waals surface area contributed by atoms with E-state index < -0.39 is 0 Å². The lowest BCUT2D eigenvalue weighted by Gasteiger charge is -2.28. The molecule has 3 aromatic carbocycles. The molecule has 37 heavy (non-hydrogen) atoms. The molecule has 1 aliphatic rings. The summed E-state index contributed by atoms with van der Waals surface area (Å²) in [5, 5.41) is 6.95. The van der Waals surface area contributed by atoms with Crippen LogP contribution in [0.4, 0.5) is 5.69 Å². The minimum Gasteiger partial charge on any atom is -0.486 e. The molecule has 0 spiro atoms. The first-order valence-corrected chi connectivity index (χ1v) is 12.2. The molecule has 1 aliphatic heterocycles. The second-order valence-electron chi connectivity index (χ2n) is 9.56. The summed E-state index contributed by atoms with van der Waals surface area (Å²) in [5.41, 5.74) is 5.83.